The van der Waals surface area contributed by atoms with Crippen LogP contribution in [0, 0.1) is 6.92 Å². The molecule has 0 radical (unpaired) electrons. The molecule has 0 spiro atoms. The molecule has 2 aromatic heterocycles. The molecule has 0 unspecified atom stereocenters. The first-order valence-corrected chi connectivity index (χ1v) is 8.49. The van der Waals surface area contributed by atoms with Crippen LogP contribution in [0.25, 0.3) is 5.69 Å². The van der Waals surface area contributed by atoms with Crippen LogP contribution in [-0.2, 0) is 19.5 Å². The molecule has 0 N–H and O–H groups in total. The predicted octanol–water partition coefficient (Wildman–Crippen LogP) is 1.99. The fraction of sp³-hybridized carbons (Fsp3) is 0.333. The van der Waals surface area contributed by atoms with E-state index in [4.69, 9.17) is 0 Å². The van der Waals surface area contributed by atoms with Gasteiger partial charge in [0.25, 0.3) is 5.91 Å². The summed E-state index contributed by atoms with van der Waals surface area (Å²) in [5.41, 5.74) is 2.56. The van der Waals surface area contributed by atoms with Gasteiger partial charge in [-0.1, -0.05) is 25.1 Å². The number of hydrogen-bond donors (Lipinski definition) is 0. The maximum Gasteiger partial charge on any atom is 0.257 e. The van der Waals surface area contributed by atoms with Crippen LogP contribution in [-0.4, -0.2) is 41.9 Å². The van der Waals surface area contributed by atoms with E-state index in [1.807, 2.05) is 53.8 Å². The van der Waals surface area contributed by atoms with Crippen LogP contribution in [0.3, 0.4) is 0 Å². The predicted molar refractivity (Wildman–Crippen MR) is 92.4 cm³/mol. The highest BCUT2D eigenvalue weighted by molar-refractivity contribution is 5.95. The summed E-state index contributed by atoms with van der Waals surface area (Å²) in [5.74, 6) is 1.74. The van der Waals surface area contributed by atoms with Crippen molar-refractivity contribution < 1.29 is 4.79 Å². The van der Waals surface area contributed by atoms with Gasteiger partial charge in [-0.3, -0.25) is 4.79 Å². The van der Waals surface area contributed by atoms with Crippen molar-refractivity contribution in [1.82, 2.24) is 29.4 Å². The Morgan fingerprint density at radius 2 is 1.96 bits per heavy atom. The van der Waals surface area contributed by atoms with Crippen LogP contribution in [0.15, 0.2) is 36.5 Å². The Balaban J connectivity index is 1.64. The minimum Gasteiger partial charge on any atom is -0.329 e. The van der Waals surface area contributed by atoms with Gasteiger partial charge >= 0.3 is 0 Å². The highest BCUT2D eigenvalue weighted by Crippen LogP contribution is 2.20. The highest BCUT2D eigenvalue weighted by Gasteiger charge is 2.27. The van der Waals surface area contributed by atoms with E-state index in [1.54, 1.807) is 6.20 Å². The fourth-order valence-electron chi connectivity index (χ4n) is 3.33. The third-order valence-electron chi connectivity index (χ3n) is 4.66. The average Bonchev–Trinajstić information content (AvgIpc) is 3.25. The molecule has 0 atom stereocenters. The molecular weight excluding hydrogens is 316 g/mol. The van der Waals surface area contributed by atoms with Gasteiger partial charge in [-0.25, -0.2) is 4.68 Å². The zero-order valence-corrected chi connectivity index (χ0v) is 14.4. The van der Waals surface area contributed by atoms with Crippen LogP contribution in [0.5, 0.6) is 0 Å². The minimum absolute atomic E-state index is 0.00549. The molecule has 128 valence electrons. The topological polar surface area (TPSA) is 68.8 Å². The lowest BCUT2D eigenvalue weighted by Crippen LogP contribution is -2.39. The molecule has 7 nitrogen and oxygen atoms in total. The van der Waals surface area contributed by atoms with Crippen molar-refractivity contribution in [2.24, 2.45) is 0 Å². The molecule has 1 aliphatic rings. The number of para-hydroxylation sites is 1. The molecule has 0 saturated heterocycles. The van der Waals surface area contributed by atoms with Crippen LogP contribution < -0.4 is 0 Å². The SMILES string of the molecule is CCc1c(C(=O)N2CCn3c(C)nnc3C2)cnn1-c1ccccc1. The van der Waals surface area contributed by atoms with E-state index in [9.17, 15) is 4.79 Å². The zero-order chi connectivity index (χ0) is 17.4. The van der Waals surface area contributed by atoms with Crippen LogP contribution in [0.1, 0.15) is 34.6 Å². The molecule has 1 aromatic carbocycles. The number of carbonyl (C=O) groups is 1. The number of fused-ring (bicyclic) bond motifs is 1. The summed E-state index contributed by atoms with van der Waals surface area (Å²) in [5, 5.41) is 12.7. The molecule has 4 rings (SSSR count). The van der Waals surface area contributed by atoms with Gasteiger partial charge < -0.3 is 9.47 Å². The van der Waals surface area contributed by atoms with Crippen molar-refractivity contribution in [2.75, 3.05) is 6.54 Å². The van der Waals surface area contributed by atoms with Crippen molar-refractivity contribution in [3.8, 4) is 5.69 Å². The molecule has 3 heterocycles. The second-order valence-electron chi connectivity index (χ2n) is 6.15. The third kappa shape index (κ3) is 2.61. The average molecular weight is 336 g/mol. The summed E-state index contributed by atoms with van der Waals surface area (Å²) in [4.78, 5) is 14.9. The Morgan fingerprint density at radius 1 is 1.16 bits per heavy atom. The van der Waals surface area contributed by atoms with E-state index >= 15 is 0 Å². The Bertz CT molecular complexity index is 911. The number of amides is 1. The number of benzene rings is 1. The van der Waals surface area contributed by atoms with Gasteiger partial charge in [-0.15, -0.1) is 10.2 Å². The Labute approximate surface area is 145 Å². The second kappa shape index (κ2) is 6.16. The van der Waals surface area contributed by atoms with E-state index < -0.39 is 0 Å². The second-order valence-corrected chi connectivity index (χ2v) is 6.15. The summed E-state index contributed by atoms with van der Waals surface area (Å²) in [7, 11) is 0. The van der Waals surface area contributed by atoms with Crippen molar-refractivity contribution in [1.29, 1.82) is 0 Å². The maximum absolute atomic E-state index is 13.1. The minimum atomic E-state index is 0.00549. The maximum atomic E-state index is 13.1. The summed E-state index contributed by atoms with van der Waals surface area (Å²) < 4.78 is 3.92. The molecule has 0 aliphatic carbocycles. The third-order valence-corrected chi connectivity index (χ3v) is 4.66. The molecule has 7 heteroatoms. The van der Waals surface area contributed by atoms with Gasteiger partial charge in [0.15, 0.2) is 5.82 Å². The van der Waals surface area contributed by atoms with Crippen molar-refractivity contribution in [3.05, 3.63) is 59.4 Å². The number of hydrogen-bond acceptors (Lipinski definition) is 4. The van der Waals surface area contributed by atoms with E-state index in [2.05, 4.69) is 19.9 Å². The number of carbonyl (C=O) groups excluding carboxylic acids is 1. The Morgan fingerprint density at radius 3 is 2.72 bits per heavy atom. The molecular formula is C18H20N6O. The first-order chi connectivity index (χ1) is 12.2. The fourth-order valence-corrected chi connectivity index (χ4v) is 3.33. The molecule has 0 fully saturated rings. The standard InChI is InChI=1S/C18H20N6O/c1-3-16-15(11-19-24(16)14-7-5-4-6-8-14)18(25)22-9-10-23-13(2)20-21-17(23)12-22/h4-8,11H,3,9-10,12H2,1-2H3. The lowest BCUT2D eigenvalue weighted by atomic mass is 10.1. The normalized spacial score (nSPS) is 13.8. The summed E-state index contributed by atoms with van der Waals surface area (Å²) in [6, 6.07) is 9.89. The molecule has 3 aromatic rings. The Hall–Kier alpha value is -2.96. The lowest BCUT2D eigenvalue weighted by Gasteiger charge is -2.27. The van der Waals surface area contributed by atoms with Gasteiger partial charge in [-0.2, -0.15) is 5.10 Å². The van der Waals surface area contributed by atoms with E-state index in [0.717, 1.165) is 36.0 Å². The monoisotopic (exact) mass is 336 g/mol. The number of nitrogens with zero attached hydrogens (tertiary/aromatic N) is 6. The summed E-state index contributed by atoms with van der Waals surface area (Å²) in [6.45, 7) is 5.86. The van der Waals surface area contributed by atoms with Gasteiger partial charge in [0.05, 0.1) is 29.7 Å². The van der Waals surface area contributed by atoms with Gasteiger partial charge in [0.1, 0.15) is 5.82 Å². The van der Waals surface area contributed by atoms with Crippen LogP contribution >= 0.6 is 0 Å². The van der Waals surface area contributed by atoms with Crippen molar-refractivity contribution in [2.45, 2.75) is 33.4 Å². The summed E-state index contributed by atoms with van der Waals surface area (Å²) >= 11 is 0. The van der Waals surface area contributed by atoms with E-state index in [1.165, 1.54) is 0 Å². The van der Waals surface area contributed by atoms with Gasteiger partial charge in [-0.05, 0) is 25.5 Å². The number of rotatable bonds is 3. The lowest BCUT2D eigenvalue weighted by molar-refractivity contribution is 0.0705. The number of aromatic nitrogens is 5. The zero-order valence-electron chi connectivity index (χ0n) is 14.4. The molecule has 1 aliphatic heterocycles. The smallest absolute Gasteiger partial charge is 0.257 e. The first-order valence-electron chi connectivity index (χ1n) is 8.49. The van der Waals surface area contributed by atoms with Gasteiger partial charge in [0.2, 0.25) is 0 Å². The quantitative estimate of drug-likeness (QED) is 0.733. The Kier molecular flexibility index (Phi) is 3.83. The summed E-state index contributed by atoms with van der Waals surface area (Å²) in [6.07, 6.45) is 2.41. The molecule has 0 saturated carbocycles. The van der Waals surface area contributed by atoms with Crippen LogP contribution in [0.4, 0.5) is 0 Å². The molecule has 25 heavy (non-hydrogen) atoms. The molecule has 1 amide bonds. The first kappa shape index (κ1) is 15.6. The van der Waals surface area contributed by atoms with E-state index in [0.29, 0.717) is 18.7 Å². The van der Waals surface area contributed by atoms with E-state index in [-0.39, 0.29) is 5.91 Å². The van der Waals surface area contributed by atoms with Crippen molar-refractivity contribution in [3.63, 3.8) is 0 Å². The molecule has 0 bridgehead atoms. The van der Waals surface area contributed by atoms with Gasteiger partial charge in [0, 0.05) is 13.1 Å². The van der Waals surface area contributed by atoms with Crippen LogP contribution in [0.2, 0.25) is 0 Å². The number of aryl methyl sites for hydroxylation is 1. The highest BCUT2D eigenvalue weighted by atomic mass is 16.2. The van der Waals surface area contributed by atoms with Crippen molar-refractivity contribution >= 4 is 5.91 Å². The largest absolute Gasteiger partial charge is 0.329 e.